The van der Waals surface area contributed by atoms with Gasteiger partial charge < -0.3 is 9.80 Å². The van der Waals surface area contributed by atoms with E-state index < -0.39 is 0 Å². The van der Waals surface area contributed by atoms with E-state index in [1.807, 2.05) is 18.2 Å². The smallest absolute Gasteiger partial charge is 0.260 e. The number of carbonyl (C=O) groups is 1. The predicted molar refractivity (Wildman–Crippen MR) is 105 cm³/mol. The van der Waals surface area contributed by atoms with Crippen molar-refractivity contribution in [3.8, 4) is 0 Å². The lowest BCUT2D eigenvalue weighted by Crippen LogP contribution is -2.53. The van der Waals surface area contributed by atoms with E-state index in [4.69, 9.17) is 11.6 Å². The first-order valence-corrected chi connectivity index (χ1v) is 9.37. The van der Waals surface area contributed by atoms with Crippen LogP contribution in [0.3, 0.4) is 0 Å². The minimum absolute atomic E-state index is 0.136. The molecular formula is C20H20ClFN4O. The number of nitrogens with zero attached hydrogens (tertiary/aromatic N) is 4. The first-order valence-electron chi connectivity index (χ1n) is 8.99. The van der Waals surface area contributed by atoms with Gasteiger partial charge in [0.15, 0.2) is 0 Å². The van der Waals surface area contributed by atoms with Crippen molar-refractivity contribution in [2.75, 3.05) is 44.2 Å². The highest BCUT2D eigenvalue weighted by Crippen LogP contribution is 2.22. The van der Waals surface area contributed by atoms with Gasteiger partial charge in [0.05, 0.1) is 6.54 Å². The molecule has 2 aromatic rings. The minimum Gasteiger partial charge on any atom is -0.368 e. The van der Waals surface area contributed by atoms with Crippen molar-refractivity contribution in [3.63, 3.8) is 0 Å². The number of hydrogen-bond acceptors (Lipinski definition) is 4. The van der Waals surface area contributed by atoms with Crippen LogP contribution in [0.15, 0.2) is 53.5 Å². The maximum atomic E-state index is 13.1. The molecule has 1 saturated heterocycles. The quantitative estimate of drug-likeness (QED) is 0.796. The summed E-state index contributed by atoms with van der Waals surface area (Å²) in [6.45, 7) is 4.36. The van der Waals surface area contributed by atoms with Gasteiger partial charge in [-0.2, -0.15) is 0 Å². The van der Waals surface area contributed by atoms with Gasteiger partial charge >= 0.3 is 0 Å². The Kier molecular flexibility index (Phi) is 4.99. The molecule has 2 aromatic carbocycles. The lowest BCUT2D eigenvalue weighted by molar-refractivity contribution is 0.0843. The number of aliphatic imine (C=N–C) groups is 1. The molecule has 0 bridgehead atoms. The van der Waals surface area contributed by atoms with Crippen LogP contribution in [0.1, 0.15) is 10.4 Å². The Morgan fingerprint density at radius 2 is 1.67 bits per heavy atom. The molecule has 5 nitrogen and oxygen atoms in total. The van der Waals surface area contributed by atoms with Crippen LogP contribution in [-0.2, 0) is 0 Å². The molecule has 27 heavy (non-hydrogen) atoms. The Hall–Kier alpha value is -2.60. The summed E-state index contributed by atoms with van der Waals surface area (Å²) in [4.78, 5) is 23.5. The molecule has 2 heterocycles. The van der Waals surface area contributed by atoms with Crippen molar-refractivity contribution in [2.45, 2.75) is 0 Å². The second-order valence-electron chi connectivity index (χ2n) is 6.60. The summed E-state index contributed by atoms with van der Waals surface area (Å²) in [6, 6.07) is 13.5. The molecule has 7 heteroatoms. The van der Waals surface area contributed by atoms with E-state index in [1.165, 1.54) is 24.3 Å². The van der Waals surface area contributed by atoms with Crippen molar-refractivity contribution in [1.82, 2.24) is 9.80 Å². The van der Waals surface area contributed by atoms with Gasteiger partial charge in [-0.3, -0.25) is 14.7 Å². The van der Waals surface area contributed by atoms with Gasteiger partial charge in [0.25, 0.3) is 5.91 Å². The van der Waals surface area contributed by atoms with Gasteiger partial charge in [-0.15, -0.1) is 0 Å². The molecule has 1 amide bonds. The third-order valence-electron chi connectivity index (χ3n) is 4.89. The maximum Gasteiger partial charge on any atom is 0.260 e. The molecule has 0 aliphatic carbocycles. The number of amides is 1. The molecule has 0 unspecified atom stereocenters. The number of guanidine groups is 1. The van der Waals surface area contributed by atoms with E-state index in [1.54, 1.807) is 4.90 Å². The summed E-state index contributed by atoms with van der Waals surface area (Å²) >= 11 is 6.09. The Balaban J connectivity index is 1.43. The topological polar surface area (TPSA) is 39.2 Å². The molecule has 140 valence electrons. The minimum atomic E-state index is -0.348. The van der Waals surface area contributed by atoms with E-state index in [2.05, 4.69) is 20.9 Å². The van der Waals surface area contributed by atoms with Crippen LogP contribution >= 0.6 is 11.6 Å². The Labute approximate surface area is 162 Å². The van der Waals surface area contributed by atoms with Crippen LogP contribution < -0.4 is 4.90 Å². The lowest BCUT2D eigenvalue weighted by Gasteiger charge is -2.38. The normalized spacial score (nSPS) is 17.3. The monoisotopic (exact) mass is 386 g/mol. The zero-order valence-corrected chi connectivity index (χ0v) is 15.6. The number of rotatable bonds is 2. The van der Waals surface area contributed by atoms with Gasteiger partial charge in [0.1, 0.15) is 5.82 Å². The summed E-state index contributed by atoms with van der Waals surface area (Å²) in [5.41, 5.74) is 1.58. The molecular weight excluding hydrogens is 367 g/mol. The van der Waals surface area contributed by atoms with Crippen LogP contribution in [0.5, 0.6) is 0 Å². The van der Waals surface area contributed by atoms with Crippen molar-refractivity contribution in [3.05, 3.63) is 64.9 Å². The fourth-order valence-corrected chi connectivity index (χ4v) is 3.67. The molecule has 0 N–H and O–H groups in total. The molecule has 0 radical (unpaired) electrons. The van der Waals surface area contributed by atoms with E-state index in [9.17, 15) is 9.18 Å². The first kappa shape index (κ1) is 17.8. The third kappa shape index (κ3) is 3.76. The average molecular weight is 387 g/mol. The first-order chi connectivity index (χ1) is 13.1. The van der Waals surface area contributed by atoms with Crippen molar-refractivity contribution < 1.29 is 9.18 Å². The highest BCUT2D eigenvalue weighted by molar-refractivity contribution is 6.30. The standard InChI is InChI=1S/C20H20ClFN4O/c21-16-2-1-3-18(14-16)24-10-12-25(13-11-24)20-23-8-9-26(20)19(27)15-4-6-17(22)7-5-15/h1-7,14H,8-13H2. The number of benzene rings is 2. The van der Waals surface area contributed by atoms with Gasteiger partial charge in [-0.25, -0.2) is 4.39 Å². The zero-order valence-electron chi connectivity index (χ0n) is 14.8. The van der Waals surface area contributed by atoms with Crippen LogP contribution in [0.4, 0.5) is 10.1 Å². The Bertz CT molecular complexity index is 863. The van der Waals surface area contributed by atoms with Gasteiger partial charge in [0.2, 0.25) is 5.96 Å². The van der Waals surface area contributed by atoms with Crippen molar-refractivity contribution in [2.24, 2.45) is 4.99 Å². The molecule has 0 spiro atoms. The third-order valence-corrected chi connectivity index (χ3v) is 5.13. The second-order valence-corrected chi connectivity index (χ2v) is 7.04. The van der Waals surface area contributed by atoms with Gasteiger partial charge in [-0.05, 0) is 42.5 Å². The van der Waals surface area contributed by atoms with E-state index in [-0.39, 0.29) is 11.7 Å². The van der Waals surface area contributed by atoms with E-state index >= 15 is 0 Å². The van der Waals surface area contributed by atoms with Crippen molar-refractivity contribution >= 4 is 29.2 Å². The summed E-state index contributed by atoms with van der Waals surface area (Å²) < 4.78 is 13.1. The van der Waals surface area contributed by atoms with E-state index in [0.29, 0.717) is 18.7 Å². The van der Waals surface area contributed by atoms with E-state index in [0.717, 1.165) is 42.8 Å². The summed E-state index contributed by atoms with van der Waals surface area (Å²) in [5, 5.41) is 0.728. The largest absolute Gasteiger partial charge is 0.368 e. The molecule has 1 fully saturated rings. The highest BCUT2D eigenvalue weighted by atomic mass is 35.5. The van der Waals surface area contributed by atoms with Crippen LogP contribution in [-0.4, -0.2) is 60.9 Å². The number of anilines is 1. The number of carbonyl (C=O) groups excluding carboxylic acids is 1. The molecule has 0 saturated carbocycles. The fraction of sp³-hybridized carbons (Fsp3) is 0.300. The summed E-state index contributed by atoms with van der Waals surface area (Å²) in [6.07, 6.45) is 0. The van der Waals surface area contributed by atoms with Crippen LogP contribution in [0.25, 0.3) is 0 Å². The predicted octanol–water partition coefficient (Wildman–Crippen LogP) is 3.11. The second kappa shape index (κ2) is 7.56. The number of hydrogen-bond donors (Lipinski definition) is 0. The highest BCUT2D eigenvalue weighted by Gasteiger charge is 2.30. The Morgan fingerprint density at radius 1 is 0.963 bits per heavy atom. The fourth-order valence-electron chi connectivity index (χ4n) is 3.48. The zero-order chi connectivity index (χ0) is 18.8. The van der Waals surface area contributed by atoms with Crippen LogP contribution in [0, 0.1) is 5.82 Å². The summed E-state index contributed by atoms with van der Waals surface area (Å²) in [7, 11) is 0. The number of halogens is 2. The maximum absolute atomic E-state index is 13.1. The van der Waals surface area contributed by atoms with Crippen LogP contribution in [0.2, 0.25) is 5.02 Å². The number of piperazine rings is 1. The van der Waals surface area contributed by atoms with Crippen molar-refractivity contribution in [1.29, 1.82) is 0 Å². The molecule has 2 aliphatic heterocycles. The van der Waals surface area contributed by atoms with Gasteiger partial charge in [-0.1, -0.05) is 17.7 Å². The van der Waals surface area contributed by atoms with Gasteiger partial charge in [0, 0.05) is 49.0 Å². The Morgan fingerprint density at radius 3 is 2.37 bits per heavy atom. The molecule has 0 aromatic heterocycles. The molecule has 0 atom stereocenters. The SMILES string of the molecule is O=C(c1ccc(F)cc1)N1CCN=C1N1CCN(c2cccc(Cl)c2)CC1. The molecule has 2 aliphatic rings. The average Bonchev–Trinajstić information content (AvgIpc) is 3.18. The summed E-state index contributed by atoms with van der Waals surface area (Å²) in [5.74, 6) is 0.234. The molecule has 4 rings (SSSR count). The lowest BCUT2D eigenvalue weighted by atomic mass is 10.2.